The van der Waals surface area contributed by atoms with Crippen LogP contribution in [-0.2, 0) is 14.4 Å². The van der Waals surface area contributed by atoms with Crippen molar-refractivity contribution in [3.8, 4) is 0 Å². The van der Waals surface area contributed by atoms with Crippen molar-refractivity contribution >= 4 is 47.5 Å². The maximum atomic E-state index is 12.3. The fourth-order valence-corrected chi connectivity index (χ4v) is 3.87. The van der Waals surface area contributed by atoms with Gasteiger partial charge in [-0.1, -0.05) is 139 Å². The molecule has 6 N–H and O–H groups in total. The first-order chi connectivity index (χ1) is 24.3. The van der Waals surface area contributed by atoms with Crippen LogP contribution < -0.4 is 17.1 Å². The quantitative estimate of drug-likeness (QED) is 0.0694. The first-order valence-corrected chi connectivity index (χ1v) is 17.4. The Bertz CT molecular complexity index is 1500. The van der Waals surface area contributed by atoms with Gasteiger partial charge in [0.05, 0.1) is 17.7 Å². The van der Waals surface area contributed by atoms with E-state index in [4.69, 9.17) is 16.7 Å². The molecule has 1 unspecified atom stereocenters. The van der Waals surface area contributed by atoms with Gasteiger partial charge in [-0.25, -0.2) is 5.01 Å². The molecular weight excluding hydrogens is 676 g/mol. The van der Waals surface area contributed by atoms with Gasteiger partial charge in [-0.05, 0) is 55.1 Å². The Morgan fingerprint density at radius 1 is 0.769 bits per heavy atom. The van der Waals surface area contributed by atoms with Crippen molar-refractivity contribution in [3.05, 3.63) is 114 Å². The number of hydrazone groups is 2. The highest BCUT2D eigenvalue weighted by atomic mass is 35.5. The molecule has 0 saturated heterocycles. The number of aliphatic hydroxyl groups is 1. The van der Waals surface area contributed by atoms with Gasteiger partial charge in [0, 0.05) is 36.1 Å². The fraction of sp³-hybridized carbons (Fsp3) is 0.390. The van der Waals surface area contributed by atoms with E-state index >= 15 is 0 Å². The SMILES string of the molecule is C1=NNC(c2ccccc2)C1.CC(C)(C)C(=O)Cl.CC(C)(C)C(=O)N1N=CC[C@H]1c1ccccc1.CC(C)(C)O.NN.O=C/C=C/c1ccccc1. The number of hydrogen-bond acceptors (Lipinski definition) is 9. The summed E-state index contributed by atoms with van der Waals surface area (Å²) in [5.74, 6) is 8.07. The molecule has 2 heterocycles. The number of nitrogens with two attached hydrogens (primary N) is 2. The summed E-state index contributed by atoms with van der Waals surface area (Å²) in [6.07, 6.45) is 9.56. The lowest BCUT2D eigenvalue weighted by Gasteiger charge is -2.28. The summed E-state index contributed by atoms with van der Waals surface area (Å²) < 4.78 is 0. The minimum Gasteiger partial charge on any atom is -0.391 e. The number of hydrazine groups is 1. The molecule has 52 heavy (non-hydrogen) atoms. The normalized spacial score (nSPS) is 15.8. The summed E-state index contributed by atoms with van der Waals surface area (Å²) in [5, 5.41) is 18.0. The second kappa shape index (κ2) is 24.7. The van der Waals surface area contributed by atoms with Crippen molar-refractivity contribution in [2.75, 3.05) is 0 Å². The van der Waals surface area contributed by atoms with E-state index in [9.17, 15) is 14.4 Å². The summed E-state index contributed by atoms with van der Waals surface area (Å²) in [7, 11) is 0. The number of allylic oxidation sites excluding steroid dienone is 1. The Hall–Kier alpha value is -4.48. The van der Waals surface area contributed by atoms with Crippen molar-refractivity contribution in [1.82, 2.24) is 10.4 Å². The van der Waals surface area contributed by atoms with Gasteiger partial charge in [0.2, 0.25) is 11.1 Å². The fourth-order valence-electron chi connectivity index (χ4n) is 3.87. The van der Waals surface area contributed by atoms with E-state index in [1.807, 2.05) is 99.9 Å². The van der Waals surface area contributed by atoms with Crippen LogP contribution in [0.2, 0.25) is 0 Å². The molecule has 0 saturated carbocycles. The Kier molecular flexibility index (Phi) is 22.5. The van der Waals surface area contributed by atoms with Crippen LogP contribution in [0.15, 0.2) is 107 Å². The molecule has 3 aromatic rings. The molecule has 0 spiro atoms. The van der Waals surface area contributed by atoms with Gasteiger partial charge in [-0.2, -0.15) is 10.2 Å². The van der Waals surface area contributed by atoms with Gasteiger partial charge in [-0.15, -0.1) is 0 Å². The van der Waals surface area contributed by atoms with Crippen molar-refractivity contribution in [1.29, 1.82) is 0 Å². The van der Waals surface area contributed by atoms with Crippen LogP contribution in [0.1, 0.15) is 104 Å². The maximum absolute atomic E-state index is 12.3. The number of rotatable bonds is 4. The number of benzene rings is 3. The molecule has 5 rings (SSSR count). The van der Waals surface area contributed by atoms with E-state index in [-0.39, 0.29) is 22.6 Å². The van der Waals surface area contributed by atoms with E-state index in [0.29, 0.717) is 6.04 Å². The number of halogens is 1. The minimum absolute atomic E-state index is 0.0583. The highest BCUT2D eigenvalue weighted by Crippen LogP contribution is 2.32. The van der Waals surface area contributed by atoms with Gasteiger partial charge in [0.1, 0.15) is 6.29 Å². The monoisotopic (exact) mass is 734 g/mol. The van der Waals surface area contributed by atoms with Crippen LogP contribution in [0, 0.1) is 10.8 Å². The largest absolute Gasteiger partial charge is 0.391 e. The second-order valence-electron chi connectivity index (χ2n) is 14.6. The van der Waals surface area contributed by atoms with Crippen LogP contribution in [-0.4, -0.2) is 45.6 Å². The third-order valence-electron chi connectivity index (χ3n) is 6.49. The van der Waals surface area contributed by atoms with Gasteiger partial charge >= 0.3 is 0 Å². The summed E-state index contributed by atoms with van der Waals surface area (Å²) in [4.78, 5) is 32.4. The third kappa shape index (κ3) is 21.7. The first-order valence-electron chi connectivity index (χ1n) is 17.0. The maximum Gasteiger partial charge on any atom is 0.248 e. The van der Waals surface area contributed by atoms with Crippen molar-refractivity contribution in [3.63, 3.8) is 0 Å². The van der Waals surface area contributed by atoms with Gasteiger partial charge in [-0.3, -0.25) is 26.1 Å². The summed E-state index contributed by atoms with van der Waals surface area (Å²) in [6.45, 7) is 16.3. The van der Waals surface area contributed by atoms with E-state index in [1.54, 1.807) is 52.6 Å². The molecule has 3 aromatic carbocycles. The Morgan fingerprint density at radius 3 is 1.60 bits per heavy atom. The number of carbonyl (C=O) groups excluding carboxylic acids is 3. The summed E-state index contributed by atoms with van der Waals surface area (Å²) in [5.41, 5.74) is 5.28. The molecule has 0 aromatic heterocycles. The molecule has 284 valence electrons. The predicted molar refractivity (Wildman–Crippen MR) is 216 cm³/mol. The standard InChI is InChI=1S/C14H18N2O.C9H10N2.C9H8O.C5H9ClO.C4H10O.H4N2/c1-14(2,3)13(17)16-12(9-10-15-16)11-7-5-4-6-8-11;1-2-4-8(5-3-1)9-6-7-10-11-9;10-8-4-7-9-5-2-1-3-6-9;1-5(2,3)4(6)7;1-4(2,3)5;1-2/h4-8,10,12H,9H2,1-3H3;1-5,7,9,11H,6H2;1-8H;1-3H3;5H,1-3H3;1-2H2/b;;7-4+;;;/t12-;;;;;/m0...../s1. The van der Waals surface area contributed by atoms with E-state index in [2.05, 4.69) is 51.6 Å². The second-order valence-corrected chi connectivity index (χ2v) is 14.9. The molecule has 0 fully saturated rings. The number of carbonyl (C=O) groups is 3. The highest BCUT2D eigenvalue weighted by molar-refractivity contribution is 6.64. The average Bonchev–Trinajstić information content (AvgIpc) is 3.82. The van der Waals surface area contributed by atoms with Crippen LogP contribution in [0.5, 0.6) is 0 Å². The number of amides is 1. The number of aldehydes is 1. The van der Waals surface area contributed by atoms with Crippen molar-refractivity contribution in [2.24, 2.45) is 32.7 Å². The zero-order valence-corrected chi connectivity index (χ0v) is 32.9. The third-order valence-corrected chi connectivity index (χ3v) is 7.05. The van der Waals surface area contributed by atoms with Gasteiger partial charge < -0.3 is 10.5 Å². The lowest BCUT2D eigenvalue weighted by molar-refractivity contribution is -0.141. The number of hydrogen-bond donors (Lipinski definition) is 4. The molecule has 2 aliphatic heterocycles. The molecule has 0 aliphatic carbocycles. The zero-order valence-electron chi connectivity index (χ0n) is 32.2. The van der Waals surface area contributed by atoms with E-state index in [0.717, 1.165) is 30.3 Å². The van der Waals surface area contributed by atoms with Crippen molar-refractivity contribution < 1.29 is 19.5 Å². The zero-order chi connectivity index (χ0) is 39.8. The molecule has 2 aliphatic rings. The molecule has 1 amide bonds. The number of nitrogens with zero attached hydrogens (tertiary/aromatic N) is 3. The van der Waals surface area contributed by atoms with Crippen LogP contribution >= 0.6 is 11.6 Å². The Balaban J connectivity index is 0.000000655. The lowest BCUT2D eigenvalue weighted by atomic mass is 9.94. The molecule has 11 heteroatoms. The molecule has 10 nitrogen and oxygen atoms in total. The van der Waals surface area contributed by atoms with E-state index in [1.165, 1.54) is 11.6 Å². The average molecular weight is 735 g/mol. The highest BCUT2D eigenvalue weighted by Gasteiger charge is 2.34. The molecule has 0 bridgehead atoms. The molecule has 0 radical (unpaired) electrons. The van der Waals surface area contributed by atoms with Crippen LogP contribution in [0.25, 0.3) is 6.08 Å². The number of nitrogens with one attached hydrogen (secondary N) is 1. The molecular formula is C41H59ClN6O4. The van der Waals surface area contributed by atoms with Crippen molar-refractivity contribution in [2.45, 2.75) is 92.8 Å². The van der Waals surface area contributed by atoms with Gasteiger partial charge in [0.25, 0.3) is 0 Å². The Morgan fingerprint density at radius 2 is 1.21 bits per heavy atom. The lowest BCUT2D eigenvalue weighted by Crippen LogP contribution is -2.36. The molecule has 2 atom stereocenters. The summed E-state index contributed by atoms with van der Waals surface area (Å²) in [6, 6.07) is 30.6. The topological polar surface area (TPSA) is 163 Å². The summed E-state index contributed by atoms with van der Waals surface area (Å²) >= 11 is 5.11. The minimum atomic E-state index is -0.500. The van der Waals surface area contributed by atoms with Crippen LogP contribution in [0.3, 0.4) is 0 Å². The Labute approximate surface area is 316 Å². The smallest absolute Gasteiger partial charge is 0.248 e. The predicted octanol–water partition coefficient (Wildman–Crippen LogP) is 7.99. The van der Waals surface area contributed by atoms with E-state index < -0.39 is 11.0 Å². The van der Waals surface area contributed by atoms with Crippen LogP contribution in [0.4, 0.5) is 0 Å². The first kappa shape index (κ1) is 47.5. The van der Waals surface area contributed by atoms with Gasteiger partial charge in [0.15, 0.2) is 0 Å².